The highest BCUT2D eigenvalue weighted by Gasteiger charge is 2.59. The summed E-state index contributed by atoms with van der Waals surface area (Å²) in [7, 11) is 0. The van der Waals surface area contributed by atoms with Crippen LogP contribution in [0.2, 0.25) is 0 Å². The van der Waals surface area contributed by atoms with E-state index in [1.54, 1.807) is 12.1 Å². The van der Waals surface area contributed by atoms with Crippen LogP contribution < -0.4 is 4.74 Å². The standard InChI is InChI=1S/C26H36F6O/c1-2-5-18-8-10-19(11-9-18)12-13-20-6-3-4-7-23(20)21-14-16-22(17-15-21)33-26(31,32)24(27)25(28,29)30/h14-20,23-24H,2-13H2,1H3. The lowest BCUT2D eigenvalue weighted by atomic mass is 9.71. The molecule has 0 N–H and O–H groups in total. The van der Waals surface area contributed by atoms with Crippen LogP contribution in [0.1, 0.15) is 95.5 Å². The van der Waals surface area contributed by atoms with E-state index in [2.05, 4.69) is 11.7 Å². The number of benzene rings is 1. The predicted molar refractivity (Wildman–Crippen MR) is 117 cm³/mol. The SMILES string of the molecule is CCCC1CCC(CCC2CCCCC2c2ccc(OC(F)(F)C(F)C(F)(F)F)cc2)CC1. The van der Waals surface area contributed by atoms with Crippen molar-refractivity contribution in [3.63, 3.8) is 0 Å². The lowest BCUT2D eigenvalue weighted by Gasteiger charge is -2.34. The molecule has 0 aliphatic heterocycles. The zero-order valence-electron chi connectivity index (χ0n) is 19.4. The second-order valence-electron chi connectivity index (χ2n) is 10.0. The molecule has 0 saturated heterocycles. The van der Waals surface area contributed by atoms with Gasteiger partial charge in [-0.15, -0.1) is 0 Å². The fourth-order valence-corrected chi connectivity index (χ4v) is 5.84. The molecule has 0 spiro atoms. The minimum Gasteiger partial charge on any atom is -0.430 e. The first-order chi connectivity index (χ1) is 15.6. The summed E-state index contributed by atoms with van der Waals surface area (Å²) in [6.45, 7) is 2.25. The minimum absolute atomic E-state index is 0.314. The summed E-state index contributed by atoms with van der Waals surface area (Å²) < 4.78 is 81.2. The molecular formula is C26H36F6O. The van der Waals surface area contributed by atoms with E-state index in [0.717, 1.165) is 43.1 Å². The summed E-state index contributed by atoms with van der Waals surface area (Å²) in [5.41, 5.74) is 0.995. The third kappa shape index (κ3) is 7.29. The highest BCUT2D eigenvalue weighted by atomic mass is 19.4. The molecule has 2 fully saturated rings. The van der Waals surface area contributed by atoms with Crippen molar-refractivity contribution in [2.45, 2.75) is 108 Å². The van der Waals surface area contributed by atoms with Gasteiger partial charge in [-0.25, -0.2) is 4.39 Å². The molecule has 188 valence electrons. The van der Waals surface area contributed by atoms with Crippen LogP contribution in [0.3, 0.4) is 0 Å². The Morgan fingerprint density at radius 2 is 1.39 bits per heavy atom. The average molecular weight is 479 g/mol. The Hall–Kier alpha value is -1.40. The number of rotatable bonds is 9. The number of alkyl halides is 6. The molecule has 2 aliphatic carbocycles. The Balaban J connectivity index is 1.56. The van der Waals surface area contributed by atoms with Crippen LogP contribution in [0, 0.1) is 17.8 Å². The molecule has 2 aliphatic rings. The molecule has 3 rings (SSSR count). The Bertz CT molecular complexity index is 708. The third-order valence-corrected chi connectivity index (χ3v) is 7.66. The molecule has 3 atom stereocenters. The number of ether oxygens (including phenoxy) is 1. The molecule has 7 heteroatoms. The summed E-state index contributed by atoms with van der Waals surface area (Å²) in [6, 6.07) is 5.75. The van der Waals surface area contributed by atoms with E-state index >= 15 is 0 Å². The van der Waals surface area contributed by atoms with Crippen molar-refractivity contribution in [3.05, 3.63) is 29.8 Å². The molecular weight excluding hydrogens is 442 g/mol. The van der Waals surface area contributed by atoms with Crippen LogP contribution in [-0.2, 0) is 0 Å². The third-order valence-electron chi connectivity index (χ3n) is 7.66. The van der Waals surface area contributed by atoms with Crippen molar-refractivity contribution in [2.75, 3.05) is 0 Å². The first-order valence-corrected chi connectivity index (χ1v) is 12.5. The van der Waals surface area contributed by atoms with Gasteiger partial charge in [0.25, 0.3) is 6.17 Å². The first-order valence-electron chi connectivity index (χ1n) is 12.5. The van der Waals surface area contributed by atoms with Gasteiger partial charge in [0.2, 0.25) is 0 Å². The topological polar surface area (TPSA) is 9.23 Å². The zero-order valence-corrected chi connectivity index (χ0v) is 19.4. The van der Waals surface area contributed by atoms with Gasteiger partial charge in [0.1, 0.15) is 5.75 Å². The van der Waals surface area contributed by atoms with Crippen LogP contribution in [0.5, 0.6) is 5.75 Å². The van der Waals surface area contributed by atoms with Crippen LogP contribution in [-0.4, -0.2) is 18.5 Å². The molecule has 33 heavy (non-hydrogen) atoms. The van der Waals surface area contributed by atoms with Gasteiger partial charge in [-0.2, -0.15) is 22.0 Å². The maximum Gasteiger partial charge on any atom is 0.439 e. The van der Waals surface area contributed by atoms with E-state index in [0.29, 0.717) is 11.8 Å². The molecule has 2 saturated carbocycles. The molecule has 0 bridgehead atoms. The molecule has 1 aromatic carbocycles. The molecule has 0 aromatic heterocycles. The van der Waals surface area contributed by atoms with Gasteiger partial charge in [-0.1, -0.05) is 76.8 Å². The number of hydrogen-bond donors (Lipinski definition) is 0. The lowest BCUT2D eigenvalue weighted by molar-refractivity contribution is -0.304. The maximum atomic E-state index is 13.5. The molecule has 1 aromatic rings. The van der Waals surface area contributed by atoms with Gasteiger partial charge in [0.05, 0.1) is 0 Å². The molecule has 1 nitrogen and oxygen atoms in total. The van der Waals surface area contributed by atoms with E-state index in [1.807, 2.05) is 0 Å². The van der Waals surface area contributed by atoms with Gasteiger partial charge in [-0.3, -0.25) is 0 Å². The summed E-state index contributed by atoms with van der Waals surface area (Å²) >= 11 is 0. The van der Waals surface area contributed by atoms with Crippen molar-refractivity contribution in [1.29, 1.82) is 0 Å². The van der Waals surface area contributed by atoms with E-state index in [1.165, 1.54) is 63.5 Å². The first kappa shape index (κ1) is 26.2. The Morgan fingerprint density at radius 3 is 1.97 bits per heavy atom. The average Bonchev–Trinajstić information content (AvgIpc) is 2.78. The Morgan fingerprint density at radius 1 is 0.818 bits per heavy atom. The maximum absolute atomic E-state index is 13.5. The van der Waals surface area contributed by atoms with Crippen molar-refractivity contribution in [3.8, 4) is 5.75 Å². The second-order valence-corrected chi connectivity index (χ2v) is 10.0. The van der Waals surface area contributed by atoms with Crippen molar-refractivity contribution < 1.29 is 31.1 Å². The quantitative estimate of drug-likeness (QED) is 0.321. The summed E-state index contributed by atoms with van der Waals surface area (Å²) in [5.74, 6) is 2.06. The number of hydrogen-bond acceptors (Lipinski definition) is 1. The summed E-state index contributed by atoms with van der Waals surface area (Å²) in [5, 5.41) is 0. The molecule has 3 unspecified atom stereocenters. The monoisotopic (exact) mass is 478 g/mol. The predicted octanol–water partition coefficient (Wildman–Crippen LogP) is 9.22. The van der Waals surface area contributed by atoms with Crippen LogP contribution in [0.15, 0.2) is 24.3 Å². The van der Waals surface area contributed by atoms with E-state index in [-0.39, 0.29) is 0 Å². The van der Waals surface area contributed by atoms with E-state index < -0.39 is 24.2 Å². The molecule has 0 radical (unpaired) electrons. The second kappa shape index (κ2) is 11.4. The highest BCUT2D eigenvalue weighted by Crippen LogP contribution is 2.43. The van der Waals surface area contributed by atoms with Gasteiger partial charge in [-0.05, 0) is 60.6 Å². The Kier molecular flexibility index (Phi) is 9.02. The van der Waals surface area contributed by atoms with Gasteiger partial charge in [0, 0.05) is 0 Å². The summed E-state index contributed by atoms with van der Waals surface area (Å²) in [4.78, 5) is 0. The molecule has 0 heterocycles. The fourth-order valence-electron chi connectivity index (χ4n) is 5.84. The lowest BCUT2D eigenvalue weighted by Crippen LogP contribution is -2.45. The molecule has 0 amide bonds. The zero-order chi connectivity index (χ0) is 24.1. The van der Waals surface area contributed by atoms with Gasteiger partial charge < -0.3 is 4.74 Å². The number of halogens is 6. The van der Waals surface area contributed by atoms with Crippen molar-refractivity contribution in [1.82, 2.24) is 0 Å². The van der Waals surface area contributed by atoms with Gasteiger partial charge in [0.15, 0.2) is 0 Å². The van der Waals surface area contributed by atoms with Crippen LogP contribution in [0.4, 0.5) is 26.3 Å². The minimum atomic E-state index is -5.69. The van der Waals surface area contributed by atoms with Crippen LogP contribution >= 0.6 is 0 Å². The van der Waals surface area contributed by atoms with Crippen molar-refractivity contribution in [2.24, 2.45) is 17.8 Å². The largest absolute Gasteiger partial charge is 0.439 e. The summed E-state index contributed by atoms with van der Waals surface area (Å²) in [6.07, 6.45) is -0.287. The van der Waals surface area contributed by atoms with Crippen molar-refractivity contribution >= 4 is 0 Å². The normalized spacial score (nSPS) is 27.8. The fraction of sp³-hybridized carbons (Fsp3) is 0.769. The van der Waals surface area contributed by atoms with Gasteiger partial charge >= 0.3 is 12.3 Å². The van der Waals surface area contributed by atoms with E-state index in [4.69, 9.17) is 0 Å². The van der Waals surface area contributed by atoms with Crippen LogP contribution in [0.25, 0.3) is 0 Å². The Labute approximate surface area is 193 Å². The highest BCUT2D eigenvalue weighted by molar-refractivity contribution is 5.30. The van der Waals surface area contributed by atoms with E-state index in [9.17, 15) is 26.3 Å². The smallest absolute Gasteiger partial charge is 0.430 e.